The van der Waals surface area contributed by atoms with E-state index in [-0.39, 0.29) is 17.3 Å². The van der Waals surface area contributed by atoms with Gasteiger partial charge in [-0.25, -0.2) is 13.8 Å². The van der Waals surface area contributed by atoms with Gasteiger partial charge in [0.2, 0.25) is 5.91 Å². The van der Waals surface area contributed by atoms with E-state index in [1.54, 1.807) is 0 Å². The molecule has 1 heterocycles. The number of nitrogens with zero attached hydrogens (tertiary/aromatic N) is 1. The molecule has 0 saturated heterocycles. The Bertz CT molecular complexity index is 894. The van der Waals surface area contributed by atoms with Crippen molar-refractivity contribution in [2.45, 2.75) is 11.3 Å². The minimum atomic E-state index is -0.797. The number of aromatic nitrogens is 1. The minimum absolute atomic E-state index is 0.0357. The van der Waals surface area contributed by atoms with Crippen molar-refractivity contribution in [1.82, 2.24) is 4.98 Å². The first-order chi connectivity index (χ1) is 12.0. The van der Waals surface area contributed by atoms with Gasteiger partial charge in [-0.15, -0.1) is 11.3 Å². The van der Waals surface area contributed by atoms with Gasteiger partial charge in [0.15, 0.2) is 4.34 Å². The molecule has 0 spiro atoms. The zero-order valence-electron chi connectivity index (χ0n) is 13.3. The lowest BCUT2D eigenvalue weighted by molar-refractivity contribution is -0.113. The number of halogens is 2. The predicted octanol–water partition coefficient (Wildman–Crippen LogP) is 5.13. The number of thiazole rings is 1. The van der Waals surface area contributed by atoms with Gasteiger partial charge in [0.05, 0.1) is 17.1 Å². The van der Waals surface area contributed by atoms with Gasteiger partial charge in [-0.05, 0) is 19.1 Å². The lowest BCUT2D eigenvalue weighted by Gasteiger charge is -2.05. The standard InChI is InChI=1S/C18H14F2N2OS2/c1-11-2-4-12(5-3-11)16-9-24-18(22-16)25-10-17(23)21-15-7-6-13(19)8-14(15)20/h2-9H,10H2,1H3,(H,21,23). The fourth-order valence-electron chi connectivity index (χ4n) is 2.08. The van der Waals surface area contributed by atoms with Crippen molar-refractivity contribution < 1.29 is 13.6 Å². The van der Waals surface area contributed by atoms with E-state index in [0.29, 0.717) is 0 Å². The molecule has 0 saturated carbocycles. The van der Waals surface area contributed by atoms with Crippen molar-refractivity contribution in [2.24, 2.45) is 0 Å². The van der Waals surface area contributed by atoms with Gasteiger partial charge in [-0.3, -0.25) is 4.79 Å². The monoisotopic (exact) mass is 376 g/mol. The van der Waals surface area contributed by atoms with E-state index in [1.165, 1.54) is 34.7 Å². The highest BCUT2D eigenvalue weighted by molar-refractivity contribution is 8.01. The zero-order valence-corrected chi connectivity index (χ0v) is 14.9. The molecule has 1 N–H and O–H groups in total. The first kappa shape index (κ1) is 17.6. The number of hydrogen-bond acceptors (Lipinski definition) is 4. The van der Waals surface area contributed by atoms with Crippen LogP contribution in [0.15, 0.2) is 52.2 Å². The number of carbonyl (C=O) groups is 1. The molecule has 128 valence electrons. The minimum Gasteiger partial charge on any atom is -0.323 e. The molecule has 0 radical (unpaired) electrons. The summed E-state index contributed by atoms with van der Waals surface area (Å²) in [5.41, 5.74) is 3.02. The molecule has 0 fully saturated rings. The Labute approximate surface area is 152 Å². The number of carbonyl (C=O) groups excluding carboxylic acids is 1. The van der Waals surface area contributed by atoms with Crippen LogP contribution in [0.5, 0.6) is 0 Å². The molecule has 3 aromatic rings. The highest BCUT2D eigenvalue weighted by Crippen LogP contribution is 2.28. The van der Waals surface area contributed by atoms with Crippen LogP contribution in [0.3, 0.4) is 0 Å². The predicted molar refractivity (Wildman–Crippen MR) is 98.0 cm³/mol. The number of amides is 1. The zero-order chi connectivity index (χ0) is 17.8. The molecule has 0 unspecified atom stereocenters. The molecular formula is C18H14F2N2OS2. The van der Waals surface area contributed by atoms with Crippen LogP contribution in [-0.4, -0.2) is 16.6 Å². The summed E-state index contributed by atoms with van der Waals surface area (Å²) in [6.45, 7) is 2.02. The maximum atomic E-state index is 13.5. The van der Waals surface area contributed by atoms with Crippen LogP contribution in [0.4, 0.5) is 14.5 Å². The van der Waals surface area contributed by atoms with Crippen molar-refractivity contribution in [3.8, 4) is 11.3 Å². The Balaban J connectivity index is 1.58. The lowest BCUT2D eigenvalue weighted by atomic mass is 10.1. The summed E-state index contributed by atoms with van der Waals surface area (Å²) in [7, 11) is 0. The molecule has 0 atom stereocenters. The Morgan fingerprint density at radius 2 is 1.96 bits per heavy atom. The summed E-state index contributed by atoms with van der Waals surface area (Å²) in [5, 5.41) is 4.36. The van der Waals surface area contributed by atoms with E-state index < -0.39 is 11.6 Å². The third-order valence-electron chi connectivity index (χ3n) is 3.36. The van der Waals surface area contributed by atoms with Gasteiger partial charge in [0, 0.05) is 17.0 Å². The summed E-state index contributed by atoms with van der Waals surface area (Å²) in [4.78, 5) is 16.4. The van der Waals surface area contributed by atoms with Gasteiger partial charge < -0.3 is 5.32 Å². The molecule has 25 heavy (non-hydrogen) atoms. The summed E-state index contributed by atoms with van der Waals surface area (Å²) in [6.07, 6.45) is 0. The molecular weight excluding hydrogens is 362 g/mol. The van der Waals surface area contributed by atoms with Gasteiger partial charge in [-0.1, -0.05) is 41.6 Å². The van der Waals surface area contributed by atoms with Crippen molar-refractivity contribution in [1.29, 1.82) is 0 Å². The van der Waals surface area contributed by atoms with Crippen molar-refractivity contribution >= 4 is 34.7 Å². The highest BCUT2D eigenvalue weighted by Gasteiger charge is 2.11. The highest BCUT2D eigenvalue weighted by atomic mass is 32.2. The first-order valence-corrected chi connectivity index (χ1v) is 9.28. The molecule has 3 nitrogen and oxygen atoms in total. The second-order valence-corrected chi connectivity index (χ2v) is 7.41. The molecule has 0 aliphatic rings. The molecule has 3 rings (SSSR count). The second kappa shape index (κ2) is 7.76. The number of benzene rings is 2. The van der Waals surface area contributed by atoms with Gasteiger partial charge >= 0.3 is 0 Å². The van der Waals surface area contributed by atoms with E-state index in [9.17, 15) is 13.6 Å². The second-order valence-electron chi connectivity index (χ2n) is 5.33. The molecule has 1 aromatic heterocycles. The number of nitrogens with one attached hydrogen (secondary N) is 1. The fourth-order valence-corrected chi connectivity index (χ4v) is 3.72. The molecule has 0 aliphatic carbocycles. The van der Waals surface area contributed by atoms with E-state index >= 15 is 0 Å². The summed E-state index contributed by atoms with van der Waals surface area (Å²) >= 11 is 2.72. The van der Waals surface area contributed by atoms with Gasteiger partial charge in [-0.2, -0.15) is 0 Å². The van der Waals surface area contributed by atoms with Gasteiger partial charge in [0.25, 0.3) is 0 Å². The van der Waals surface area contributed by atoms with E-state index in [4.69, 9.17) is 0 Å². The Kier molecular flexibility index (Phi) is 5.45. The SMILES string of the molecule is Cc1ccc(-c2csc(SCC(=O)Nc3ccc(F)cc3F)n2)cc1. The number of rotatable bonds is 5. The maximum absolute atomic E-state index is 13.5. The number of hydrogen-bond donors (Lipinski definition) is 1. The maximum Gasteiger partial charge on any atom is 0.234 e. The van der Waals surface area contributed by atoms with E-state index in [0.717, 1.165) is 27.7 Å². The fraction of sp³-hybridized carbons (Fsp3) is 0.111. The van der Waals surface area contributed by atoms with Crippen LogP contribution in [0.25, 0.3) is 11.3 Å². The Morgan fingerprint density at radius 1 is 1.20 bits per heavy atom. The summed E-state index contributed by atoms with van der Waals surface area (Å²) in [6, 6.07) is 11.1. The number of aryl methyl sites for hydroxylation is 1. The molecule has 2 aromatic carbocycles. The molecule has 0 bridgehead atoms. The van der Waals surface area contributed by atoms with Crippen LogP contribution < -0.4 is 5.32 Å². The number of thioether (sulfide) groups is 1. The third-order valence-corrected chi connectivity index (χ3v) is 5.38. The largest absolute Gasteiger partial charge is 0.323 e. The lowest BCUT2D eigenvalue weighted by Crippen LogP contribution is -2.15. The van der Waals surface area contributed by atoms with Crippen LogP contribution in [-0.2, 0) is 4.79 Å². The van der Waals surface area contributed by atoms with Crippen LogP contribution in [0.2, 0.25) is 0 Å². The van der Waals surface area contributed by atoms with E-state index in [1.807, 2.05) is 36.6 Å². The summed E-state index contributed by atoms with van der Waals surface area (Å²) < 4.78 is 27.1. The average Bonchev–Trinajstić information content (AvgIpc) is 3.05. The van der Waals surface area contributed by atoms with E-state index in [2.05, 4.69) is 10.3 Å². The number of anilines is 1. The summed E-state index contributed by atoms with van der Waals surface area (Å²) in [5.74, 6) is -1.76. The molecule has 0 aliphatic heterocycles. The quantitative estimate of drug-likeness (QED) is 0.628. The van der Waals surface area contributed by atoms with Crippen molar-refractivity contribution in [3.63, 3.8) is 0 Å². The first-order valence-electron chi connectivity index (χ1n) is 7.41. The van der Waals surface area contributed by atoms with Crippen LogP contribution >= 0.6 is 23.1 Å². The van der Waals surface area contributed by atoms with Crippen LogP contribution in [0.1, 0.15) is 5.56 Å². The van der Waals surface area contributed by atoms with Crippen molar-refractivity contribution in [2.75, 3.05) is 11.1 Å². The Hall–Kier alpha value is -2.25. The Morgan fingerprint density at radius 3 is 2.68 bits per heavy atom. The van der Waals surface area contributed by atoms with Gasteiger partial charge in [0.1, 0.15) is 11.6 Å². The topological polar surface area (TPSA) is 42.0 Å². The third kappa shape index (κ3) is 4.64. The average molecular weight is 376 g/mol. The normalized spacial score (nSPS) is 10.7. The smallest absolute Gasteiger partial charge is 0.234 e. The molecule has 1 amide bonds. The van der Waals surface area contributed by atoms with Crippen molar-refractivity contribution in [3.05, 3.63) is 65.0 Å². The van der Waals surface area contributed by atoms with Crippen LogP contribution in [0, 0.1) is 18.6 Å². The molecule has 7 heteroatoms.